The third-order valence-corrected chi connectivity index (χ3v) is 3.15. The van der Waals surface area contributed by atoms with Crippen molar-refractivity contribution in [2.45, 2.75) is 6.92 Å². The topological polar surface area (TPSA) is 27.0 Å². The standard InChI is InChI=1S/C15H13ClN2/c1-11-5-3-4-6-14(11)18(2)15-9-13(16)8-7-12(15)10-17/h3-9H,1-2H3. The van der Waals surface area contributed by atoms with E-state index in [1.54, 1.807) is 12.1 Å². The van der Waals surface area contributed by atoms with Crippen LogP contribution in [0.5, 0.6) is 0 Å². The molecule has 0 aromatic heterocycles. The Labute approximate surface area is 112 Å². The van der Waals surface area contributed by atoms with Gasteiger partial charge >= 0.3 is 0 Å². The molecule has 2 rings (SSSR count). The van der Waals surface area contributed by atoms with Crippen LogP contribution < -0.4 is 4.90 Å². The summed E-state index contributed by atoms with van der Waals surface area (Å²) >= 11 is 6.01. The summed E-state index contributed by atoms with van der Waals surface area (Å²) in [6.07, 6.45) is 0. The first kappa shape index (κ1) is 12.5. The summed E-state index contributed by atoms with van der Waals surface area (Å²) in [7, 11) is 1.94. The monoisotopic (exact) mass is 256 g/mol. The van der Waals surface area contributed by atoms with Crippen LogP contribution in [0.25, 0.3) is 0 Å². The van der Waals surface area contributed by atoms with Crippen LogP contribution >= 0.6 is 11.6 Å². The van der Waals surface area contributed by atoms with E-state index in [0.29, 0.717) is 10.6 Å². The molecule has 90 valence electrons. The molecule has 0 aliphatic rings. The molecule has 0 spiro atoms. The lowest BCUT2D eigenvalue weighted by Gasteiger charge is -2.22. The first-order valence-electron chi connectivity index (χ1n) is 5.62. The highest BCUT2D eigenvalue weighted by Crippen LogP contribution is 2.31. The van der Waals surface area contributed by atoms with Crippen molar-refractivity contribution in [2.75, 3.05) is 11.9 Å². The van der Waals surface area contributed by atoms with Crippen LogP contribution in [-0.4, -0.2) is 7.05 Å². The molecule has 0 radical (unpaired) electrons. The van der Waals surface area contributed by atoms with E-state index in [2.05, 4.69) is 6.07 Å². The van der Waals surface area contributed by atoms with Crippen molar-refractivity contribution < 1.29 is 0 Å². The van der Waals surface area contributed by atoms with Gasteiger partial charge in [0.05, 0.1) is 11.3 Å². The zero-order valence-electron chi connectivity index (χ0n) is 10.3. The summed E-state index contributed by atoms with van der Waals surface area (Å²) in [5.41, 5.74) is 3.66. The van der Waals surface area contributed by atoms with Gasteiger partial charge in [0.2, 0.25) is 0 Å². The van der Waals surface area contributed by atoms with Gasteiger partial charge in [0.1, 0.15) is 6.07 Å². The van der Waals surface area contributed by atoms with Crippen molar-refractivity contribution in [1.29, 1.82) is 5.26 Å². The number of para-hydroxylation sites is 1. The van der Waals surface area contributed by atoms with Crippen molar-refractivity contribution in [3.05, 3.63) is 58.6 Å². The number of nitrogens with zero attached hydrogens (tertiary/aromatic N) is 2. The smallest absolute Gasteiger partial charge is 0.101 e. The molecule has 18 heavy (non-hydrogen) atoms. The molecule has 0 heterocycles. The average molecular weight is 257 g/mol. The van der Waals surface area contributed by atoms with E-state index in [-0.39, 0.29) is 0 Å². The number of halogens is 1. The van der Waals surface area contributed by atoms with E-state index in [0.717, 1.165) is 16.9 Å². The molecule has 2 aromatic carbocycles. The maximum atomic E-state index is 9.15. The second-order valence-corrected chi connectivity index (χ2v) is 4.56. The van der Waals surface area contributed by atoms with Gasteiger partial charge in [-0.25, -0.2) is 0 Å². The van der Waals surface area contributed by atoms with E-state index in [1.165, 1.54) is 0 Å². The lowest BCUT2D eigenvalue weighted by molar-refractivity contribution is 1.18. The van der Waals surface area contributed by atoms with Gasteiger partial charge in [0.15, 0.2) is 0 Å². The van der Waals surface area contributed by atoms with Gasteiger partial charge in [0, 0.05) is 17.8 Å². The van der Waals surface area contributed by atoms with Crippen molar-refractivity contribution in [3.63, 3.8) is 0 Å². The predicted molar refractivity (Wildman–Crippen MR) is 75.4 cm³/mol. The third-order valence-electron chi connectivity index (χ3n) is 2.92. The molecular formula is C15H13ClN2. The molecule has 0 aliphatic heterocycles. The first-order valence-corrected chi connectivity index (χ1v) is 6.00. The highest BCUT2D eigenvalue weighted by atomic mass is 35.5. The summed E-state index contributed by atoms with van der Waals surface area (Å²) in [5, 5.41) is 9.78. The molecule has 0 saturated carbocycles. The lowest BCUT2D eigenvalue weighted by atomic mass is 10.1. The van der Waals surface area contributed by atoms with Gasteiger partial charge in [-0.05, 0) is 36.8 Å². The first-order chi connectivity index (χ1) is 8.63. The number of nitriles is 1. The fourth-order valence-electron chi connectivity index (χ4n) is 1.95. The molecule has 0 bridgehead atoms. The van der Waals surface area contributed by atoms with Crippen LogP contribution in [-0.2, 0) is 0 Å². The van der Waals surface area contributed by atoms with Crippen LogP contribution in [0.2, 0.25) is 5.02 Å². The SMILES string of the molecule is Cc1ccccc1N(C)c1cc(Cl)ccc1C#N. The Morgan fingerprint density at radius 2 is 1.83 bits per heavy atom. The van der Waals surface area contributed by atoms with Gasteiger partial charge in [-0.15, -0.1) is 0 Å². The van der Waals surface area contributed by atoms with Gasteiger partial charge in [-0.2, -0.15) is 5.26 Å². The molecule has 0 unspecified atom stereocenters. The van der Waals surface area contributed by atoms with Crippen molar-refractivity contribution >= 4 is 23.0 Å². The lowest BCUT2D eigenvalue weighted by Crippen LogP contribution is -2.12. The fraction of sp³-hybridized carbons (Fsp3) is 0.133. The molecule has 0 fully saturated rings. The number of aryl methyl sites for hydroxylation is 1. The molecule has 0 amide bonds. The summed E-state index contributed by atoms with van der Waals surface area (Å²) in [6.45, 7) is 2.04. The quantitative estimate of drug-likeness (QED) is 0.802. The van der Waals surface area contributed by atoms with E-state index in [4.69, 9.17) is 16.9 Å². The zero-order chi connectivity index (χ0) is 13.1. The molecule has 2 nitrogen and oxygen atoms in total. The van der Waals surface area contributed by atoms with Gasteiger partial charge in [-0.3, -0.25) is 0 Å². The highest BCUT2D eigenvalue weighted by Gasteiger charge is 2.11. The summed E-state index contributed by atoms with van der Waals surface area (Å²) in [4.78, 5) is 1.99. The molecule has 3 heteroatoms. The Morgan fingerprint density at radius 3 is 2.50 bits per heavy atom. The van der Waals surface area contributed by atoms with Crippen molar-refractivity contribution in [3.8, 4) is 6.07 Å². The average Bonchev–Trinajstić information content (AvgIpc) is 2.38. The number of benzene rings is 2. The fourth-order valence-corrected chi connectivity index (χ4v) is 2.11. The minimum atomic E-state index is 0.616. The molecule has 0 aliphatic carbocycles. The molecule has 0 N–H and O–H groups in total. The van der Waals surface area contributed by atoms with E-state index >= 15 is 0 Å². The maximum Gasteiger partial charge on any atom is 0.101 e. The second-order valence-electron chi connectivity index (χ2n) is 4.12. The van der Waals surface area contributed by atoms with E-state index in [1.807, 2.05) is 49.2 Å². The molecule has 0 saturated heterocycles. The van der Waals surface area contributed by atoms with Crippen LogP contribution in [0.15, 0.2) is 42.5 Å². The number of rotatable bonds is 2. The Balaban J connectivity index is 2.53. The molecular weight excluding hydrogens is 244 g/mol. The number of hydrogen-bond donors (Lipinski definition) is 0. The highest BCUT2D eigenvalue weighted by molar-refractivity contribution is 6.30. The molecule has 2 aromatic rings. The Bertz CT molecular complexity index is 614. The summed E-state index contributed by atoms with van der Waals surface area (Å²) in [5.74, 6) is 0. The molecule has 0 atom stereocenters. The summed E-state index contributed by atoms with van der Waals surface area (Å²) in [6, 6.07) is 15.5. The zero-order valence-corrected chi connectivity index (χ0v) is 11.1. The minimum absolute atomic E-state index is 0.616. The Morgan fingerprint density at radius 1 is 1.11 bits per heavy atom. The summed E-state index contributed by atoms with van der Waals surface area (Å²) < 4.78 is 0. The Hall–Kier alpha value is -1.98. The minimum Gasteiger partial charge on any atom is -0.343 e. The maximum absolute atomic E-state index is 9.15. The van der Waals surface area contributed by atoms with Gasteiger partial charge in [0.25, 0.3) is 0 Å². The van der Waals surface area contributed by atoms with Crippen LogP contribution in [0.1, 0.15) is 11.1 Å². The van der Waals surface area contributed by atoms with Gasteiger partial charge in [-0.1, -0.05) is 29.8 Å². The van der Waals surface area contributed by atoms with Crippen molar-refractivity contribution in [2.24, 2.45) is 0 Å². The van der Waals surface area contributed by atoms with Gasteiger partial charge < -0.3 is 4.90 Å². The third kappa shape index (κ3) is 2.32. The van der Waals surface area contributed by atoms with E-state index < -0.39 is 0 Å². The van der Waals surface area contributed by atoms with Crippen LogP contribution in [0, 0.1) is 18.3 Å². The number of anilines is 2. The number of hydrogen-bond acceptors (Lipinski definition) is 2. The van der Waals surface area contributed by atoms with E-state index in [9.17, 15) is 0 Å². The van der Waals surface area contributed by atoms with Crippen LogP contribution in [0.3, 0.4) is 0 Å². The predicted octanol–water partition coefficient (Wildman–Crippen LogP) is 4.29. The normalized spacial score (nSPS) is 9.89. The second kappa shape index (κ2) is 5.12. The van der Waals surface area contributed by atoms with Crippen LogP contribution in [0.4, 0.5) is 11.4 Å². The largest absolute Gasteiger partial charge is 0.343 e. The Kier molecular flexibility index (Phi) is 3.55. The van der Waals surface area contributed by atoms with Crippen molar-refractivity contribution in [1.82, 2.24) is 0 Å².